The number of hydrogen-bond donors (Lipinski definition) is 2. The minimum Gasteiger partial charge on any atom is -0.496 e. The van der Waals surface area contributed by atoms with E-state index in [1.807, 2.05) is 22.6 Å². The van der Waals surface area contributed by atoms with E-state index in [0.717, 1.165) is 3.57 Å². The van der Waals surface area contributed by atoms with Gasteiger partial charge in [0.15, 0.2) is 6.61 Å². The van der Waals surface area contributed by atoms with Gasteiger partial charge < -0.3 is 9.47 Å². The van der Waals surface area contributed by atoms with Crippen molar-refractivity contribution < 1.29 is 24.0 Å². The standard InChI is InChI=1S/C16H14IN3O6/c1-25-14-7-2-10(8-13(14)17)16(22)19-18-15(21)9-26-12-5-3-11(4-6-12)20(23)24/h2-8H,9H2,1H3,(H,18,21)(H,19,22). The van der Waals surface area contributed by atoms with Crippen LogP contribution in [0.2, 0.25) is 0 Å². The van der Waals surface area contributed by atoms with Crippen molar-refractivity contribution in [3.8, 4) is 11.5 Å². The molecule has 0 atom stereocenters. The molecule has 26 heavy (non-hydrogen) atoms. The Balaban J connectivity index is 1.81. The van der Waals surface area contributed by atoms with Gasteiger partial charge in [0.2, 0.25) is 0 Å². The smallest absolute Gasteiger partial charge is 0.276 e. The van der Waals surface area contributed by atoms with Crippen LogP contribution in [0, 0.1) is 13.7 Å². The summed E-state index contributed by atoms with van der Waals surface area (Å²) in [5, 5.41) is 10.6. The zero-order valence-corrected chi connectivity index (χ0v) is 15.7. The number of methoxy groups -OCH3 is 1. The Hall–Kier alpha value is -2.89. The third-order valence-electron chi connectivity index (χ3n) is 3.15. The summed E-state index contributed by atoms with van der Waals surface area (Å²) < 4.78 is 11.1. The number of hydrogen-bond acceptors (Lipinski definition) is 6. The Morgan fingerprint density at radius 2 is 1.85 bits per heavy atom. The molecule has 0 aliphatic heterocycles. The van der Waals surface area contributed by atoms with Crippen LogP contribution in [-0.4, -0.2) is 30.5 Å². The molecule has 0 saturated carbocycles. The molecule has 0 radical (unpaired) electrons. The minimum atomic E-state index is -0.583. The van der Waals surface area contributed by atoms with Gasteiger partial charge in [0.05, 0.1) is 15.6 Å². The van der Waals surface area contributed by atoms with Crippen molar-refractivity contribution in [2.24, 2.45) is 0 Å². The van der Waals surface area contributed by atoms with Crippen LogP contribution < -0.4 is 20.3 Å². The zero-order valence-electron chi connectivity index (χ0n) is 13.5. The number of amides is 2. The van der Waals surface area contributed by atoms with Gasteiger partial charge in [-0.1, -0.05) is 0 Å². The van der Waals surface area contributed by atoms with E-state index in [9.17, 15) is 19.7 Å². The van der Waals surface area contributed by atoms with Gasteiger partial charge in [-0.15, -0.1) is 0 Å². The number of benzene rings is 2. The van der Waals surface area contributed by atoms with Crippen LogP contribution in [0.25, 0.3) is 0 Å². The van der Waals surface area contributed by atoms with Crippen molar-refractivity contribution in [3.05, 3.63) is 61.7 Å². The minimum absolute atomic E-state index is 0.0804. The van der Waals surface area contributed by atoms with E-state index in [-0.39, 0.29) is 12.3 Å². The normalized spacial score (nSPS) is 9.92. The highest BCUT2D eigenvalue weighted by Gasteiger charge is 2.11. The summed E-state index contributed by atoms with van der Waals surface area (Å²) >= 11 is 2.03. The second-order valence-corrected chi connectivity index (χ2v) is 6.05. The molecule has 0 aliphatic carbocycles. The van der Waals surface area contributed by atoms with Crippen molar-refractivity contribution in [1.82, 2.24) is 10.9 Å². The molecule has 0 heterocycles. The lowest BCUT2D eigenvalue weighted by molar-refractivity contribution is -0.384. The highest BCUT2D eigenvalue weighted by Crippen LogP contribution is 2.21. The van der Waals surface area contributed by atoms with Crippen LogP contribution >= 0.6 is 22.6 Å². The average Bonchev–Trinajstić information content (AvgIpc) is 2.64. The second-order valence-electron chi connectivity index (χ2n) is 4.89. The van der Waals surface area contributed by atoms with Crippen molar-refractivity contribution in [2.75, 3.05) is 13.7 Å². The van der Waals surface area contributed by atoms with Gasteiger partial charge in [0, 0.05) is 17.7 Å². The lowest BCUT2D eigenvalue weighted by atomic mass is 10.2. The fourth-order valence-electron chi connectivity index (χ4n) is 1.86. The monoisotopic (exact) mass is 471 g/mol. The number of nitro benzene ring substituents is 1. The molecule has 0 aromatic heterocycles. The first kappa shape index (κ1) is 19.4. The fraction of sp³-hybridized carbons (Fsp3) is 0.125. The van der Waals surface area contributed by atoms with E-state index >= 15 is 0 Å². The first-order chi connectivity index (χ1) is 12.4. The van der Waals surface area contributed by atoms with Gasteiger partial charge >= 0.3 is 0 Å². The van der Waals surface area contributed by atoms with Gasteiger partial charge in [0.25, 0.3) is 17.5 Å². The average molecular weight is 471 g/mol. The topological polar surface area (TPSA) is 120 Å². The van der Waals surface area contributed by atoms with Gasteiger partial charge in [0.1, 0.15) is 11.5 Å². The summed E-state index contributed by atoms with van der Waals surface area (Å²) in [4.78, 5) is 33.7. The first-order valence-corrected chi connectivity index (χ1v) is 8.28. The second kappa shape index (κ2) is 8.99. The lowest BCUT2D eigenvalue weighted by Gasteiger charge is -2.10. The molecule has 0 aliphatic rings. The van der Waals surface area contributed by atoms with E-state index < -0.39 is 16.7 Å². The summed E-state index contributed by atoms with van der Waals surface area (Å²) in [6.07, 6.45) is 0. The lowest BCUT2D eigenvalue weighted by Crippen LogP contribution is -2.43. The van der Waals surface area contributed by atoms with Gasteiger partial charge in [-0.05, 0) is 52.9 Å². The maximum Gasteiger partial charge on any atom is 0.276 e. The van der Waals surface area contributed by atoms with Crippen LogP contribution in [0.15, 0.2) is 42.5 Å². The molecule has 136 valence electrons. The molecule has 10 heteroatoms. The van der Waals surface area contributed by atoms with Crippen molar-refractivity contribution in [1.29, 1.82) is 0 Å². The van der Waals surface area contributed by atoms with Crippen LogP contribution in [0.5, 0.6) is 11.5 Å². The van der Waals surface area contributed by atoms with E-state index in [1.165, 1.54) is 31.4 Å². The quantitative estimate of drug-likeness (QED) is 0.378. The van der Waals surface area contributed by atoms with E-state index in [0.29, 0.717) is 17.1 Å². The summed E-state index contributed by atoms with van der Waals surface area (Å²) in [7, 11) is 1.53. The predicted octanol–water partition coefficient (Wildman–Crippen LogP) is 2.05. The Bertz CT molecular complexity index is 825. The van der Waals surface area contributed by atoms with Gasteiger partial charge in [-0.2, -0.15) is 0 Å². The molecule has 0 unspecified atom stereocenters. The number of nitro groups is 1. The van der Waals surface area contributed by atoms with E-state index in [1.54, 1.807) is 18.2 Å². The number of hydrazine groups is 1. The Morgan fingerprint density at radius 3 is 2.42 bits per heavy atom. The highest BCUT2D eigenvalue weighted by atomic mass is 127. The predicted molar refractivity (Wildman–Crippen MR) is 99.9 cm³/mol. The van der Waals surface area contributed by atoms with Crippen molar-refractivity contribution in [2.45, 2.75) is 0 Å². The van der Waals surface area contributed by atoms with E-state index in [2.05, 4.69) is 10.9 Å². The Morgan fingerprint density at radius 1 is 1.15 bits per heavy atom. The zero-order chi connectivity index (χ0) is 19.1. The Kier molecular flexibility index (Phi) is 6.72. The molecule has 9 nitrogen and oxygen atoms in total. The molecular formula is C16H14IN3O6. The van der Waals surface area contributed by atoms with Crippen LogP contribution in [0.1, 0.15) is 10.4 Å². The molecule has 2 N–H and O–H groups in total. The summed E-state index contributed by atoms with van der Waals surface area (Å²) in [5.41, 5.74) is 4.77. The number of carbonyl (C=O) groups is 2. The summed E-state index contributed by atoms with van der Waals surface area (Å²) in [6, 6.07) is 10.1. The number of nitrogens with zero attached hydrogens (tertiary/aromatic N) is 1. The summed E-state index contributed by atoms with van der Waals surface area (Å²) in [6.45, 7) is -0.363. The molecule has 0 spiro atoms. The van der Waals surface area contributed by atoms with E-state index in [4.69, 9.17) is 9.47 Å². The third-order valence-corrected chi connectivity index (χ3v) is 3.99. The molecular weight excluding hydrogens is 457 g/mol. The number of non-ortho nitro benzene ring substituents is 1. The number of carbonyl (C=O) groups excluding carboxylic acids is 2. The number of ether oxygens (including phenoxy) is 2. The molecule has 0 bridgehead atoms. The Labute approximate surface area is 161 Å². The van der Waals surface area contributed by atoms with Crippen LogP contribution in [0.4, 0.5) is 5.69 Å². The fourth-order valence-corrected chi connectivity index (χ4v) is 2.59. The number of rotatable bonds is 6. The van der Waals surface area contributed by atoms with Gasteiger partial charge in [-0.25, -0.2) is 0 Å². The largest absolute Gasteiger partial charge is 0.496 e. The number of halogens is 1. The van der Waals surface area contributed by atoms with Crippen LogP contribution in [0.3, 0.4) is 0 Å². The first-order valence-electron chi connectivity index (χ1n) is 7.20. The maximum atomic E-state index is 12.0. The third kappa shape index (κ3) is 5.31. The summed E-state index contributed by atoms with van der Waals surface area (Å²) in [5.74, 6) is -0.140. The van der Waals surface area contributed by atoms with Crippen molar-refractivity contribution >= 4 is 40.1 Å². The molecule has 2 aromatic rings. The van der Waals surface area contributed by atoms with Crippen LogP contribution in [-0.2, 0) is 4.79 Å². The molecule has 0 saturated heterocycles. The molecule has 2 aromatic carbocycles. The van der Waals surface area contributed by atoms with Crippen molar-refractivity contribution in [3.63, 3.8) is 0 Å². The number of nitrogens with one attached hydrogen (secondary N) is 2. The highest BCUT2D eigenvalue weighted by molar-refractivity contribution is 14.1. The van der Waals surface area contributed by atoms with Gasteiger partial charge in [-0.3, -0.25) is 30.6 Å². The molecule has 2 amide bonds. The molecule has 2 rings (SSSR count). The maximum absolute atomic E-state index is 12.0. The SMILES string of the molecule is COc1ccc(C(=O)NNC(=O)COc2ccc([N+](=O)[O-])cc2)cc1I. The molecule has 0 fully saturated rings.